The van der Waals surface area contributed by atoms with Gasteiger partial charge in [0.25, 0.3) is 0 Å². The Morgan fingerprint density at radius 1 is 0.654 bits per heavy atom. The van der Waals surface area contributed by atoms with Crippen molar-refractivity contribution in [1.82, 2.24) is 0 Å². The molecule has 0 nitrogen and oxygen atoms in total. The molecule has 0 bridgehead atoms. The number of allylic oxidation sites excluding steroid dienone is 1. The molecule has 1 heteroatoms. The molecule has 0 saturated carbocycles. The molecule has 1 heterocycles. The molecule has 1 aliphatic heterocycles. The van der Waals surface area contributed by atoms with Gasteiger partial charge in [-0.3, -0.25) is 0 Å². The maximum Gasteiger partial charge on any atom is 0.0411 e. The summed E-state index contributed by atoms with van der Waals surface area (Å²) in [5.41, 5.74) is 2.81. The topological polar surface area (TPSA) is 0 Å². The summed E-state index contributed by atoms with van der Waals surface area (Å²) in [5, 5.41) is 5.84. The van der Waals surface area contributed by atoms with Gasteiger partial charge in [0.05, 0.1) is 0 Å². The van der Waals surface area contributed by atoms with Crippen molar-refractivity contribution in [1.29, 1.82) is 0 Å². The van der Waals surface area contributed by atoms with E-state index in [2.05, 4.69) is 97.9 Å². The summed E-state index contributed by atoms with van der Waals surface area (Å²) < 4.78 is 0. The highest BCUT2D eigenvalue weighted by Gasteiger charge is 2.28. The van der Waals surface area contributed by atoms with Crippen LogP contribution < -0.4 is 0 Å². The van der Waals surface area contributed by atoms with Crippen LogP contribution in [0.2, 0.25) is 0 Å². The number of fused-ring (bicyclic) bond motifs is 2. The summed E-state index contributed by atoms with van der Waals surface area (Å²) >= 11 is 2.02. The maximum atomic E-state index is 2.46. The van der Waals surface area contributed by atoms with Gasteiger partial charge in [0.1, 0.15) is 0 Å². The molecule has 2 unspecified atom stereocenters. The molecule has 0 aliphatic carbocycles. The van der Waals surface area contributed by atoms with E-state index in [-0.39, 0.29) is 0 Å². The quantitative estimate of drug-likeness (QED) is 0.361. The number of rotatable bonds is 2. The number of thioether (sulfide) groups is 1. The van der Waals surface area contributed by atoms with Crippen molar-refractivity contribution in [3.63, 3.8) is 0 Å². The minimum atomic E-state index is 0.468. The highest BCUT2D eigenvalue weighted by molar-refractivity contribution is 8.08. The molecule has 126 valence electrons. The normalized spacial score (nSPS) is 19.8. The van der Waals surface area contributed by atoms with Crippen molar-refractivity contribution in [2.24, 2.45) is 5.92 Å². The van der Waals surface area contributed by atoms with Gasteiger partial charge in [0, 0.05) is 10.2 Å². The molecule has 4 aromatic rings. The highest BCUT2D eigenvalue weighted by atomic mass is 32.2. The summed E-state index contributed by atoms with van der Waals surface area (Å²) in [7, 11) is 0. The van der Waals surface area contributed by atoms with E-state index in [0.29, 0.717) is 11.2 Å². The fraction of sp³-hybridized carbons (Fsp3) is 0.120. The lowest BCUT2D eigenvalue weighted by Crippen LogP contribution is -2.00. The number of hydrogen-bond acceptors (Lipinski definition) is 1. The minimum Gasteiger partial charge on any atom is -0.117 e. The first kappa shape index (κ1) is 15.7. The van der Waals surface area contributed by atoms with Crippen LogP contribution in [0.15, 0.2) is 91.0 Å². The molecule has 2 atom stereocenters. The highest BCUT2D eigenvalue weighted by Crippen LogP contribution is 2.53. The zero-order valence-electron chi connectivity index (χ0n) is 14.7. The Balaban J connectivity index is 1.58. The summed E-state index contributed by atoms with van der Waals surface area (Å²) in [4.78, 5) is 1.41. The lowest BCUT2D eigenvalue weighted by atomic mass is 9.94. The van der Waals surface area contributed by atoms with E-state index in [1.54, 1.807) is 0 Å². The van der Waals surface area contributed by atoms with Crippen LogP contribution >= 0.6 is 11.8 Å². The molecule has 1 aliphatic rings. The van der Waals surface area contributed by atoms with Gasteiger partial charge in [-0.25, -0.2) is 0 Å². The average molecular weight is 353 g/mol. The van der Waals surface area contributed by atoms with Gasteiger partial charge in [0.2, 0.25) is 0 Å². The molecule has 0 N–H and O–H groups in total. The van der Waals surface area contributed by atoms with Crippen LogP contribution in [-0.2, 0) is 0 Å². The van der Waals surface area contributed by atoms with Gasteiger partial charge < -0.3 is 0 Å². The Bertz CT molecular complexity index is 1130. The van der Waals surface area contributed by atoms with Crippen LogP contribution in [0.1, 0.15) is 23.3 Å². The molecular formula is C25H20S. The van der Waals surface area contributed by atoms with E-state index in [4.69, 9.17) is 0 Å². The lowest BCUT2D eigenvalue weighted by molar-refractivity contribution is 0.723. The third kappa shape index (κ3) is 2.55. The average Bonchev–Trinajstić information content (AvgIpc) is 3.08. The maximum absolute atomic E-state index is 2.46. The molecule has 0 radical (unpaired) electrons. The van der Waals surface area contributed by atoms with Crippen LogP contribution in [0, 0.1) is 5.92 Å². The monoisotopic (exact) mass is 352 g/mol. The molecule has 0 saturated heterocycles. The summed E-state index contributed by atoms with van der Waals surface area (Å²) in [6, 6.07) is 30.8. The van der Waals surface area contributed by atoms with Gasteiger partial charge >= 0.3 is 0 Å². The third-order valence-corrected chi connectivity index (χ3v) is 6.88. The van der Waals surface area contributed by atoms with Crippen molar-refractivity contribution < 1.29 is 0 Å². The number of hydrogen-bond donors (Lipinski definition) is 0. The van der Waals surface area contributed by atoms with E-state index in [1.165, 1.54) is 37.6 Å². The fourth-order valence-electron chi connectivity index (χ4n) is 4.05. The van der Waals surface area contributed by atoms with Crippen LogP contribution in [0.25, 0.3) is 26.5 Å². The largest absolute Gasteiger partial charge is 0.117 e. The minimum absolute atomic E-state index is 0.468. The second kappa shape index (κ2) is 6.34. The smallest absolute Gasteiger partial charge is 0.0411 e. The molecule has 26 heavy (non-hydrogen) atoms. The summed E-state index contributed by atoms with van der Waals surface area (Å²) in [5.74, 6) is 0.514. The predicted molar refractivity (Wildman–Crippen MR) is 115 cm³/mol. The molecule has 0 aromatic heterocycles. The Morgan fingerprint density at radius 3 is 2.08 bits per heavy atom. The van der Waals surface area contributed by atoms with Crippen molar-refractivity contribution in [3.8, 4) is 0 Å². The van der Waals surface area contributed by atoms with E-state index >= 15 is 0 Å². The standard InChI is InChI=1S/C25H20S/c1-17-16-24(22-14-6-10-18-8-2-4-12-20(18)22)26-25(17)23-15-7-11-19-9-3-5-13-21(19)23/h2-17,25H,1H3. The molecule has 4 aromatic carbocycles. The van der Waals surface area contributed by atoms with Gasteiger partial charge in [-0.05, 0) is 38.6 Å². The van der Waals surface area contributed by atoms with Gasteiger partial charge in [0.15, 0.2) is 0 Å². The first-order chi connectivity index (χ1) is 12.8. The van der Waals surface area contributed by atoms with Gasteiger partial charge in [-0.2, -0.15) is 0 Å². The van der Waals surface area contributed by atoms with E-state index in [0.717, 1.165) is 0 Å². The first-order valence-corrected chi connectivity index (χ1v) is 10.0. The molecule has 0 amide bonds. The molecular weight excluding hydrogens is 332 g/mol. The molecule has 5 rings (SSSR count). The zero-order chi connectivity index (χ0) is 17.5. The Hall–Kier alpha value is -2.51. The summed E-state index contributed by atoms with van der Waals surface area (Å²) in [6.07, 6.45) is 2.46. The molecule has 0 fully saturated rings. The van der Waals surface area contributed by atoms with Crippen molar-refractivity contribution in [2.75, 3.05) is 0 Å². The van der Waals surface area contributed by atoms with E-state index < -0.39 is 0 Å². The van der Waals surface area contributed by atoms with Crippen LogP contribution in [-0.4, -0.2) is 0 Å². The van der Waals surface area contributed by atoms with Gasteiger partial charge in [-0.1, -0.05) is 97.9 Å². The van der Waals surface area contributed by atoms with E-state index in [1.807, 2.05) is 11.8 Å². The van der Waals surface area contributed by atoms with Crippen molar-refractivity contribution in [2.45, 2.75) is 12.2 Å². The summed E-state index contributed by atoms with van der Waals surface area (Å²) in [6.45, 7) is 2.34. The SMILES string of the molecule is CC1C=C(c2cccc3ccccc23)SC1c1cccc2ccccc12. The first-order valence-electron chi connectivity index (χ1n) is 9.15. The fourth-order valence-corrected chi connectivity index (χ4v) is 5.55. The second-order valence-electron chi connectivity index (χ2n) is 7.02. The third-order valence-electron chi connectivity index (χ3n) is 5.33. The predicted octanol–water partition coefficient (Wildman–Crippen LogP) is 7.46. The van der Waals surface area contributed by atoms with Crippen molar-refractivity contribution in [3.05, 3.63) is 102 Å². The van der Waals surface area contributed by atoms with Gasteiger partial charge in [-0.15, -0.1) is 11.8 Å². The van der Waals surface area contributed by atoms with E-state index in [9.17, 15) is 0 Å². The molecule has 0 spiro atoms. The Kier molecular flexibility index (Phi) is 3.83. The van der Waals surface area contributed by atoms with Crippen LogP contribution in [0.3, 0.4) is 0 Å². The Labute approximate surface area is 158 Å². The number of benzene rings is 4. The zero-order valence-corrected chi connectivity index (χ0v) is 15.5. The van der Waals surface area contributed by atoms with Crippen LogP contribution in [0.5, 0.6) is 0 Å². The van der Waals surface area contributed by atoms with Crippen molar-refractivity contribution >= 4 is 38.2 Å². The lowest BCUT2D eigenvalue weighted by Gasteiger charge is -2.18. The van der Waals surface area contributed by atoms with Crippen LogP contribution in [0.4, 0.5) is 0 Å². The Morgan fingerprint density at radius 2 is 1.27 bits per heavy atom. The second-order valence-corrected chi connectivity index (χ2v) is 8.21.